The summed E-state index contributed by atoms with van der Waals surface area (Å²) < 4.78 is 5.46. The minimum Gasteiger partial charge on any atom is -0.379 e. The summed E-state index contributed by atoms with van der Waals surface area (Å²) in [5, 5.41) is 3.47. The molecule has 2 unspecified atom stereocenters. The van der Waals surface area contributed by atoms with Crippen LogP contribution in [0.25, 0.3) is 0 Å². The third-order valence-electron chi connectivity index (χ3n) is 6.03. The normalized spacial score (nSPS) is 20.5. The average Bonchev–Trinajstić information content (AvgIpc) is 3.08. The van der Waals surface area contributed by atoms with Gasteiger partial charge in [0.2, 0.25) is 5.91 Å². The molecule has 0 saturated carbocycles. The number of nitrogens with one attached hydrogen (secondary N) is 1. The number of anilines is 1. The van der Waals surface area contributed by atoms with Crippen LogP contribution in [0.2, 0.25) is 0 Å². The van der Waals surface area contributed by atoms with Crippen molar-refractivity contribution in [3.8, 4) is 0 Å². The maximum atomic E-state index is 13.2. The Bertz CT molecular complexity index is 848. The Labute approximate surface area is 173 Å². The first-order chi connectivity index (χ1) is 14.1. The highest BCUT2D eigenvalue weighted by molar-refractivity contribution is 5.99. The fourth-order valence-electron chi connectivity index (χ4n) is 4.34. The molecular formula is C24H31N3O2. The molecule has 2 aliphatic rings. The molecule has 1 fully saturated rings. The molecule has 1 saturated heterocycles. The van der Waals surface area contributed by atoms with Gasteiger partial charge in [0, 0.05) is 37.9 Å². The number of carbonyl (C=O) groups excluding carboxylic acids is 1. The zero-order chi connectivity index (χ0) is 20.2. The molecule has 4 rings (SSSR count). The number of carbonyl (C=O) groups is 1. The van der Waals surface area contributed by atoms with Crippen LogP contribution in [0, 0.1) is 0 Å². The summed E-state index contributed by atoms with van der Waals surface area (Å²) in [6, 6.07) is 16.7. The standard InChI is InChI=1S/C24H31N3O2/c1-18-15-20-7-5-6-10-23(20)27(18)24(28)19(2)25-16-21-8-3-4-9-22(21)17-26-11-13-29-14-12-26/h3-10,18-19,25H,11-17H2,1-2H3. The molecule has 29 heavy (non-hydrogen) atoms. The van der Waals surface area contributed by atoms with E-state index in [-0.39, 0.29) is 18.0 Å². The second-order valence-corrected chi connectivity index (χ2v) is 8.15. The van der Waals surface area contributed by atoms with Crippen LogP contribution in [-0.2, 0) is 29.0 Å². The lowest BCUT2D eigenvalue weighted by molar-refractivity contribution is -0.120. The second kappa shape index (κ2) is 9.08. The first-order valence-electron chi connectivity index (χ1n) is 10.6. The van der Waals surface area contributed by atoms with Crippen molar-refractivity contribution in [2.45, 2.75) is 45.4 Å². The van der Waals surface area contributed by atoms with Crippen molar-refractivity contribution in [3.63, 3.8) is 0 Å². The number of para-hydroxylation sites is 1. The fraction of sp³-hybridized carbons (Fsp3) is 0.458. The Morgan fingerprint density at radius 3 is 2.59 bits per heavy atom. The van der Waals surface area contributed by atoms with Crippen molar-refractivity contribution in [1.29, 1.82) is 0 Å². The molecule has 0 aromatic heterocycles. The van der Waals surface area contributed by atoms with Gasteiger partial charge in [-0.15, -0.1) is 0 Å². The highest BCUT2D eigenvalue weighted by Gasteiger charge is 2.32. The molecule has 1 N–H and O–H groups in total. The van der Waals surface area contributed by atoms with Crippen LogP contribution in [0.3, 0.4) is 0 Å². The topological polar surface area (TPSA) is 44.8 Å². The summed E-state index contributed by atoms with van der Waals surface area (Å²) in [5.41, 5.74) is 4.90. The van der Waals surface area contributed by atoms with Gasteiger partial charge in [-0.05, 0) is 43.0 Å². The van der Waals surface area contributed by atoms with E-state index >= 15 is 0 Å². The lowest BCUT2D eigenvalue weighted by atomic mass is 10.1. The monoisotopic (exact) mass is 393 g/mol. The minimum absolute atomic E-state index is 0.146. The first-order valence-corrected chi connectivity index (χ1v) is 10.6. The van der Waals surface area contributed by atoms with Gasteiger partial charge < -0.3 is 15.0 Å². The molecule has 0 radical (unpaired) electrons. The third-order valence-corrected chi connectivity index (χ3v) is 6.03. The molecule has 0 bridgehead atoms. The van der Waals surface area contributed by atoms with Gasteiger partial charge in [-0.1, -0.05) is 42.5 Å². The molecule has 2 aromatic carbocycles. The summed E-state index contributed by atoms with van der Waals surface area (Å²) in [5.74, 6) is 0.146. The molecule has 154 valence electrons. The molecular weight excluding hydrogens is 362 g/mol. The average molecular weight is 394 g/mol. The zero-order valence-corrected chi connectivity index (χ0v) is 17.4. The van der Waals surface area contributed by atoms with Gasteiger partial charge in [-0.3, -0.25) is 9.69 Å². The summed E-state index contributed by atoms with van der Waals surface area (Å²) in [6.45, 7) is 9.29. The summed E-state index contributed by atoms with van der Waals surface area (Å²) in [7, 11) is 0. The van der Waals surface area contributed by atoms with E-state index in [1.165, 1.54) is 16.7 Å². The SMILES string of the molecule is CC(NCc1ccccc1CN1CCOCC1)C(=O)N1c2ccccc2CC1C. The van der Waals surface area contributed by atoms with Crippen LogP contribution < -0.4 is 10.2 Å². The molecule has 2 atom stereocenters. The van der Waals surface area contributed by atoms with E-state index in [0.717, 1.165) is 45.0 Å². The highest BCUT2D eigenvalue weighted by Crippen LogP contribution is 2.32. The van der Waals surface area contributed by atoms with Crippen molar-refractivity contribution >= 4 is 11.6 Å². The smallest absolute Gasteiger partial charge is 0.244 e. The predicted molar refractivity (Wildman–Crippen MR) is 116 cm³/mol. The molecule has 0 spiro atoms. The molecule has 5 nitrogen and oxygen atoms in total. The Kier molecular flexibility index (Phi) is 6.28. The number of amides is 1. The van der Waals surface area contributed by atoms with E-state index in [1.54, 1.807) is 0 Å². The van der Waals surface area contributed by atoms with Gasteiger partial charge in [0.15, 0.2) is 0 Å². The Morgan fingerprint density at radius 2 is 1.79 bits per heavy atom. The predicted octanol–water partition coefficient (Wildman–Crippen LogP) is 2.97. The minimum atomic E-state index is -0.236. The molecule has 0 aliphatic carbocycles. The van der Waals surface area contributed by atoms with Crippen molar-refractivity contribution in [1.82, 2.24) is 10.2 Å². The van der Waals surface area contributed by atoms with Crippen molar-refractivity contribution < 1.29 is 9.53 Å². The maximum Gasteiger partial charge on any atom is 0.244 e. The Hall–Kier alpha value is -2.21. The van der Waals surface area contributed by atoms with Gasteiger partial charge in [-0.2, -0.15) is 0 Å². The van der Waals surface area contributed by atoms with Crippen LogP contribution in [-0.4, -0.2) is 49.2 Å². The highest BCUT2D eigenvalue weighted by atomic mass is 16.5. The van der Waals surface area contributed by atoms with Gasteiger partial charge >= 0.3 is 0 Å². The lowest BCUT2D eigenvalue weighted by Gasteiger charge is -2.28. The van der Waals surface area contributed by atoms with Crippen molar-refractivity contribution in [2.24, 2.45) is 0 Å². The number of hydrogen-bond acceptors (Lipinski definition) is 4. The number of benzene rings is 2. The molecule has 2 aromatic rings. The van der Waals surface area contributed by atoms with Gasteiger partial charge in [-0.25, -0.2) is 0 Å². The first kappa shape index (κ1) is 20.1. The molecule has 5 heteroatoms. The largest absolute Gasteiger partial charge is 0.379 e. The van der Waals surface area contributed by atoms with Crippen molar-refractivity contribution in [3.05, 3.63) is 65.2 Å². The van der Waals surface area contributed by atoms with E-state index in [0.29, 0.717) is 6.54 Å². The zero-order valence-electron chi connectivity index (χ0n) is 17.4. The number of fused-ring (bicyclic) bond motifs is 1. The van der Waals surface area contributed by atoms with E-state index in [2.05, 4.69) is 53.5 Å². The molecule has 2 aliphatic heterocycles. The summed E-state index contributed by atoms with van der Waals surface area (Å²) >= 11 is 0. The fourth-order valence-corrected chi connectivity index (χ4v) is 4.34. The third kappa shape index (κ3) is 4.53. The summed E-state index contributed by atoms with van der Waals surface area (Å²) in [4.78, 5) is 17.6. The van der Waals surface area contributed by atoms with Crippen LogP contribution in [0.1, 0.15) is 30.5 Å². The Balaban J connectivity index is 1.40. The van der Waals surface area contributed by atoms with Gasteiger partial charge in [0.1, 0.15) is 0 Å². The number of nitrogens with zero attached hydrogens (tertiary/aromatic N) is 2. The second-order valence-electron chi connectivity index (χ2n) is 8.15. The molecule has 1 amide bonds. The number of ether oxygens (including phenoxy) is 1. The Morgan fingerprint density at radius 1 is 1.10 bits per heavy atom. The van der Waals surface area contributed by atoms with E-state index in [4.69, 9.17) is 4.74 Å². The number of hydrogen-bond donors (Lipinski definition) is 1. The van der Waals surface area contributed by atoms with Gasteiger partial charge in [0.05, 0.1) is 19.3 Å². The lowest BCUT2D eigenvalue weighted by Crippen LogP contribution is -2.47. The van der Waals surface area contributed by atoms with E-state index in [9.17, 15) is 4.79 Å². The summed E-state index contributed by atoms with van der Waals surface area (Å²) in [6.07, 6.45) is 0.928. The maximum absolute atomic E-state index is 13.2. The van der Waals surface area contributed by atoms with Crippen LogP contribution >= 0.6 is 0 Å². The van der Waals surface area contributed by atoms with Crippen LogP contribution in [0.5, 0.6) is 0 Å². The van der Waals surface area contributed by atoms with Crippen LogP contribution in [0.15, 0.2) is 48.5 Å². The quantitative estimate of drug-likeness (QED) is 0.820. The van der Waals surface area contributed by atoms with Gasteiger partial charge in [0.25, 0.3) is 0 Å². The molecule has 2 heterocycles. The number of rotatable bonds is 6. The number of morpholine rings is 1. The van der Waals surface area contributed by atoms with E-state index < -0.39 is 0 Å². The van der Waals surface area contributed by atoms with Crippen molar-refractivity contribution in [2.75, 3.05) is 31.2 Å². The van der Waals surface area contributed by atoms with E-state index in [1.807, 2.05) is 24.0 Å². The van der Waals surface area contributed by atoms with Crippen LogP contribution in [0.4, 0.5) is 5.69 Å².